The number of carbonyl (C=O) groups is 2. The summed E-state index contributed by atoms with van der Waals surface area (Å²) in [5, 5.41) is 14.5. The largest absolute Gasteiger partial charge is 0.460 e. The fourth-order valence-corrected chi connectivity index (χ4v) is 5.64. The van der Waals surface area contributed by atoms with Gasteiger partial charge in [-0.25, -0.2) is 9.59 Å². The molecule has 0 unspecified atom stereocenters. The zero-order valence-corrected chi connectivity index (χ0v) is 30.2. The van der Waals surface area contributed by atoms with Crippen LogP contribution in [-0.4, -0.2) is 84.0 Å². The lowest BCUT2D eigenvalue weighted by molar-refractivity contribution is -0.384. The molecule has 0 aromatic heterocycles. The summed E-state index contributed by atoms with van der Waals surface area (Å²) >= 11 is 0. The number of ether oxygens (including phenoxy) is 2. The fourth-order valence-electron chi connectivity index (χ4n) is 5.64. The number of benzene rings is 3. The molecule has 0 saturated carbocycles. The number of allylic oxidation sites excluding steroid dienone is 1. The molecular formula is C33H40N4O14S2. The first-order chi connectivity index (χ1) is 23.9. The van der Waals surface area contributed by atoms with Crippen molar-refractivity contribution in [2.45, 2.75) is 44.9 Å². The molecule has 18 nitrogen and oxygen atoms in total. The molecule has 9 N–H and O–H groups in total. The Morgan fingerprint density at radius 3 is 1.83 bits per heavy atom. The van der Waals surface area contributed by atoms with Gasteiger partial charge >= 0.3 is 30.2 Å². The third kappa shape index (κ3) is 10.7. The van der Waals surface area contributed by atoms with Crippen molar-refractivity contribution in [1.82, 2.24) is 10.2 Å². The highest BCUT2D eigenvalue weighted by Crippen LogP contribution is 2.40. The van der Waals surface area contributed by atoms with Crippen LogP contribution >= 0.6 is 0 Å². The van der Waals surface area contributed by atoms with Gasteiger partial charge in [0.25, 0.3) is 5.69 Å². The molecule has 0 radical (unpaired) electrons. The van der Waals surface area contributed by atoms with Gasteiger partial charge in [-0.15, -0.1) is 0 Å². The number of nitrogens with two attached hydrogens (primary N) is 1. The van der Waals surface area contributed by atoms with E-state index in [2.05, 4.69) is 34.5 Å². The molecule has 288 valence electrons. The van der Waals surface area contributed by atoms with Gasteiger partial charge in [0.1, 0.15) is 11.9 Å². The molecule has 1 atom stereocenters. The molecule has 0 amide bonds. The summed E-state index contributed by atoms with van der Waals surface area (Å²) in [5.74, 6) is -2.37. The molecule has 20 heteroatoms. The van der Waals surface area contributed by atoms with Crippen molar-refractivity contribution in [3.05, 3.63) is 134 Å². The van der Waals surface area contributed by atoms with Crippen LogP contribution in [0.4, 0.5) is 5.69 Å². The zero-order chi connectivity index (χ0) is 37.7. The van der Waals surface area contributed by atoms with Gasteiger partial charge in [-0.1, -0.05) is 72.8 Å². The third-order valence-corrected chi connectivity index (χ3v) is 9.93. The van der Waals surface area contributed by atoms with Crippen molar-refractivity contribution in [3.8, 4) is 0 Å². The van der Waals surface area contributed by atoms with E-state index < -0.39 is 53.3 Å². The van der Waals surface area contributed by atoms with E-state index in [1.807, 2.05) is 36.4 Å². The van der Waals surface area contributed by atoms with Crippen molar-refractivity contribution in [3.63, 3.8) is 0 Å². The van der Waals surface area contributed by atoms with Crippen LogP contribution in [0.1, 0.15) is 49.4 Å². The molecule has 0 spiro atoms. The first kappa shape index (κ1) is 43.9. The van der Waals surface area contributed by atoms with Crippen molar-refractivity contribution in [2.24, 2.45) is 5.73 Å². The lowest BCUT2D eigenvalue weighted by Gasteiger charge is -2.44. The van der Waals surface area contributed by atoms with Crippen molar-refractivity contribution in [2.75, 3.05) is 13.1 Å². The summed E-state index contributed by atoms with van der Waals surface area (Å²) in [6.07, 6.45) is -0.855. The number of hydrogen-bond acceptors (Lipinski definition) is 13. The average Bonchev–Trinajstić information content (AvgIpc) is 3.03. The van der Waals surface area contributed by atoms with Crippen molar-refractivity contribution >= 4 is 35.9 Å². The van der Waals surface area contributed by atoms with E-state index in [9.17, 15) is 36.5 Å². The van der Waals surface area contributed by atoms with Gasteiger partial charge in [0.15, 0.2) is 0 Å². The molecule has 5 rings (SSSR count). The molecule has 2 heterocycles. The molecule has 1 saturated heterocycles. The summed E-state index contributed by atoms with van der Waals surface area (Å²) in [5.41, 5.74) is 9.31. The monoisotopic (exact) mass is 780 g/mol. The number of esters is 2. The van der Waals surface area contributed by atoms with Crippen LogP contribution in [0.5, 0.6) is 0 Å². The SMILES string of the molecule is CC1=C(C(=O)OC(C)C)[C@@H](c2cccc([N+](=O)[O-])c2)C(C(=O)OC2CN(C(c3ccccc3)c3ccccc3)C2)=C(N)N1.O.O.O=S(=O)(O)S(=O)(=O)O. The van der Waals surface area contributed by atoms with Gasteiger partial charge in [0, 0.05) is 30.9 Å². The van der Waals surface area contributed by atoms with Gasteiger partial charge < -0.3 is 31.5 Å². The Morgan fingerprint density at radius 1 is 0.868 bits per heavy atom. The predicted molar refractivity (Wildman–Crippen MR) is 191 cm³/mol. The third-order valence-electron chi connectivity index (χ3n) is 7.80. The van der Waals surface area contributed by atoms with E-state index in [1.54, 1.807) is 26.8 Å². The molecule has 53 heavy (non-hydrogen) atoms. The van der Waals surface area contributed by atoms with Crippen LogP contribution in [0, 0.1) is 10.1 Å². The molecule has 2 aliphatic rings. The van der Waals surface area contributed by atoms with E-state index in [0.717, 1.165) is 11.1 Å². The number of carbonyl (C=O) groups excluding carboxylic acids is 2. The number of nitro groups is 1. The summed E-state index contributed by atoms with van der Waals surface area (Å²) in [6.45, 7) is 6.05. The van der Waals surface area contributed by atoms with Gasteiger partial charge in [-0.2, -0.15) is 16.8 Å². The maximum absolute atomic E-state index is 13.8. The second-order valence-electron chi connectivity index (χ2n) is 11.8. The standard InChI is InChI=1S/C33H34N4O6.H2O6S2.2H2O/c1-20(2)42-32(38)27-21(3)35-31(34)29(28(27)24-15-10-16-25(17-24)37(40)41)33(39)43-26-18-36(19-26)30(22-11-6-4-7-12-22)23-13-8-5-9-14-23;1-7(2,3)8(4,5)6;;/h4-17,20,26,28,30,35H,18-19,34H2,1-3H3;(H,1,2,3)(H,4,5,6);2*1H2/t28-;;;/m1.../s1. The summed E-state index contributed by atoms with van der Waals surface area (Å²) in [4.78, 5) is 40.4. The van der Waals surface area contributed by atoms with E-state index in [0.29, 0.717) is 24.4 Å². The number of non-ortho nitro benzene ring substituents is 1. The van der Waals surface area contributed by atoms with E-state index in [1.165, 1.54) is 18.2 Å². The van der Waals surface area contributed by atoms with E-state index in [4.69, 9.17) is 24.3 Å². The fraction of sp³-hybridized carbons (Fsp3) is 0.273. The van der Waals surface area contributed by atoms with Crippen LogP contribution in [0.25, 0.3) is 0 Å². The number of dihydropyridines is 1. The molecule has 0 bridgehead atoms. The highest BCUT2D eigenvalue weighted by atomic mass is 33.2. The molecule has 0 aliphatic carbocycles. The normalized spacial score (nSPS) is 16.2. The maximum atomic E-state index is 13.8. The Labute approximate surface area is 304 Å². The van der Waals surface area contributed by atoms with E-state index >= 15 is 0 Å². The number of rotatable bonds is 10. The van der Waals surface area contributed by atoms with Crippen molar-refractivity contribution in [1.29, 1.82) is 0 Å². The van der Waals surface area contributed by atoms with Gasteiger partial charge in [0.05, 0.1) is 34.1 Å². The average molecular weight is 781 g/mol. The second kappa shape index (κ2) is 18.0. The number of nitro benzene ring substituents is 1. The lowest BCUT2D eigenvalue weighted by Crippen LogP contribution is -2.54. The predicted octanol–water partition coefficient (Wildman–Crippen LogP) is 1.72. The Balaban J connectivity index is 0.000000874. The highest BCUT2D eigenvalue weighted by Gasteiger charge is 2.42. The molecule has 3 aromatic rings. The van der Waals surface area contributed by atoms with Gasteiger partial charge in [-0.3, -0.25) is 24.1 Å². The molecular weight excluding hydrogens is 741 g/mol. The van der Waals surface area contributed by atoms with E-state index in [-0.39, 0.29) is 39.6 Å². The molecule has 1 fully saturated rings. The van der Waals surface area contributed by atoms with Gasteiger partial charge in [-0.05, 0) is 37.5 Å². The summed E-state index contributed by atoms with van der Waals surface area (Å²) in [6, 6.07) is 26.0. The number of nitrogens with zero attached hydrogens (tertiary/aromatic N) is 2. The zero-order valence-electron chi connectivity index (χ0n) is 28.6. The summed E-state index contributed by atoms with van der Waals surface area (Å²) < 4.78 is 63.9. The minimum absolute atomic E-state index is 0. The molecule has 2 aliphatic heterocycles. The number of hydrogen-bond donors (Lipinski definition) is 4. The Kier molecular flexibility index (Phi) is 14.9. The Hall–Kier alpha value is -5.22. The minimum Gasteiger partial charge on any atom is -0.460 e. The molecule has 3 aromatic carbocycles. The topological polar surface area (TPSA) is 309 Å². The van der Waals surface area contributed by atoms with Crippen LogP contribution < -0.4 is 11.1 Å². The first-order valence-electron chi connectivity index (χ1n) is 15.3. The van der Waals surface area contributed by atoms with Gasteiger partial charge in [0.2, 0.25) is 0 Å². The smallest absolute Gasteiger partial charge is 0.397 e. The van der Waals surface area contributed by atoms with Crippen LogP contribution in [0.2, 0.25) is 0 Å². The number of likely N-dealkylation sites (tertiary alicyclic amines) is 1. The van der Waals surface area contributed by atoms with Crippen LogP contribution in [0.3, 0.4) is 0 Å². The quantitative estimate of drug-likeness (QED) is 0.0748. The highest BCUT2D eigenvalue weighted by molar-refractivity contribution is 8.62. The minimum atomic E-state index is -5.31. The Morgan fingerprint density at radius 2 is 1.38 bits per heavy atom. The number of nitrogens with one attached hydrogen (secondary N) is 1. The maximum Gasteiger partial charge on any atom is 0.397 e. The summed E-state index contributed by atoms with van der Waals surface area (Å²) in [7, 11) is -10.6. The van der Waals surface area contributed by atoms with Crippen molar-refractivity contribution < 1.29 is 60.9 Å². The van der Waals surface area contributed by atoms with Crippen LogP contribution in [0.15, 0.2) is 108 Å². The lowest BCUT2D eigenvalue weighted by atomic mass is 9.81. The van der Waals surface area contributed by atoms with Crippen LogP contribution in [-0.2, 0) is 37.4 Å². The Bertz CT molecular complexity index is 2000. The first-order valence-corrected chi connectivity index (χ1v) is 18.7. The second-order valence-corrected chi connectivity index (χ2v) is 16.0.